The number of nitro benzene ring substituents is 1. The van der Waals surface area contributed by atoms with Gasteiger partial charge in [0, 0.05) is 24.9 Å². The van der Waals surface area contributed by atoms with Crippen molar-refractivity contribution in [2.24, 2.45) is 7.05 Å². The van der Waals surface area contributed by atoms with Crippen LogP contribution in [0, 0.1) is 10.1 Å². The van der Waals surface area contributed by atoms with Crippen molar-refractivity contribution in [1.82, 2.24) is 4.57 Å². The number of amides is 1. The number of carbonyl (C=O) groups excluding carboxylic acids is 1. The van der Waals surface area contributed by atoms with Crippen LogP contribution in [0.3, 0.4) is 0 Å². The largest absolute Gasteiger partial charge is 0.324 e. The van der Waals surface area contributed by atoms with Crippen LogP contribution in [0.2, 0.25) is 0 Å². The molecule has 12 heteroatoms. The first-order valence-electron chi connectivity index (χ1n) is 8.63. The fourth-order valence-electron chi connectivity index (χ4n) is 3.01. The summed E-state index contributed by atoms with van der Waals surface area (Å²) in [5.74, 6) is -0.630. The molecule has 1 heterocycles. The van der Waals surface area contributed by atoms with Crippen LogP contribution >= 0.6 is 11.3 Å². The van der Waals surface area contributed by atoms with E-state index in [9.17, 15) is 28.1 Å². The molecule has 10 nitrogen and oxygen atoms in total. The van der Waals surface area contributed by atoms with Crippen molar-refractivity contribution >= 4 is 54.5 Å². The molecule has 1 unspecified atom stereocenters. The Labute approximate surface area is 175 Å². The lowest BCUT2D eigenvalue weighted by atomic mass is 10.2. The van der Waals surface area contributed by atoms with Gasteiger partial charge in [-0.3, -0.25) is 24.0 Å². The van der Waals surface area contributed by atoms with E-state index in [1.54, 1.807) is 25.2 Å². The molecule has 0 saturated heterocycles. The summed E-state index contributed by atoms with van der Waals surface area (Å²) in [4.78, 5) is 34.8. The Morgan fingerprint density at radius 1 is 1.27 bits per heavy atom. The number of hydrogen-bond acceptors (Lipinski definition) is 7. The number of sulfonamides is 1. The summed E-state index contributed by atoms with van der Waals surface area (Å²) in [5.41, 5.74) is 0.823. The SMILES string of the molecule is CC(C(=O)Nc1ccc2c(c1)sc(=O)n2C)N(c1cccc([N+](=O)[O-])c1)S(C)(=O)=O. The molecule has 1 amide bonds. The van der Waals surface area contributed by atoms with Gasteiger partial charge in [-0.15, -0.1) is 0 Å². The second-order valence-electron chi connectivity index (χ2n) is 6.61. The average Bonchev–Trinajstić information content (AvgIpc) is 2.94. The van der Waals surface area contributed by atoms with Gasteiger partial charge in [0.05, 0.1) is 27.1 Å². The molecule has 0 saturated carbocycles. The van der Waals surface area contributed by atoms with Crippen molar-refractivity contribution in [3.8, 4) is 0 Å². The summed E-state index contributed by atoms with van der Waals surface area (Å²) in [6, 6.07) is 8.79. The number of anilines is 2. The van der Waals surface area contributed by atoms with Crippen LogP contribution in [0.15, 0.2) is 47.3 Å². The number of thiazole rings is 1. The zero-order valence-corrected chi connectivity index (χ0v) is 17.9. The highest BCUT2D eigenvalue weighted by Gasteiger charge is 2.30. The highest BCUT2D eigenvalue weighted by atomic mass is 32.2. The summed E-state index contributed by atoms with van der Waals surface area (Å²) >= 11 is 1.03. The van der Waals surface area contributed by atoms with Crippen LogP contribution in [0.5, 0.6) is 0 Å². The quantitative estimate of drug-likeness (QED) is 0.453. The van der Waals surface area contributed by atoms with Gasteiger partial charge in [-0.25, -0.2) is 8.42 Å². The number of aromatic nitrogens is 1. The summed E-state index contributed by atoms with van der Waals surface area (Å²) in [7, 11) is -2.28. The van der Waals surface area contributed by atoms with Gasteiger partial charge in [-0.1, -0.05) is 17.4 Å². The number of fused-ring (bicyclic) bond motifs is 1. The van der Waals surface area contributed by atoms with E-state index in [0.717, 1.165) is 28.0 Å². The third-order valence-electron chi connectivity index (χ3n) is 4.44. The summed E-state index contributed by atoms with van der Waals surface area (Å²) in [6.45, 7) is 1.38. The molecule has 0 fully saturated rings. The van der Waals surface area contributed by atoms with Gasteiger partial charge in [-0.05, 0) is 31.2 Å². The van der Waals surface area contributed by atoms with Crippen LogP contribution in [-0.2, 0) is 21.9 Å². The van der Waals surface area contributed by atoms with Gasteiger partial charge in [0.25, 0.3) is 5.69 Å². The van der Waals surface area contributed by atoms with Crippen molar-refractivity contribution < 1.29 is 18.1 Å². The molecule has 0 spiro atoms. The summed E-state index contributed by atoms with van der Waals surface area (Å²) in [6.07, 6.45) is 0.920. The molecule has 3 aromatic rings. The topological polar surface area (TPSA) is 132 Å². The molecular weight excluding hydrogens is 432 g/mol. The van der Waals surface area contributed by atoms with Gasteiger partial charge in [0.1, 0.15) is 6.04 Å². The number of carbonyl (C=O) groups is 1. The molecule has 0 aliphatic heterocycles. The van der Waals surface area contributed by atoms with Crippen LogP contribution in [-0.4, -0.2) is 36.1 Å². The minimum atomic E-state index is -3.93. The Balaban J connectivity index is 1.92. The maximum atomic E-state index is 12.8. The lowest BCUT2D eigenvalue weighted by Crippen LogP contribution is -2.45. The second-order valence-corrected chi connectivity index (χ2v) is 9.46. The average molecular weight is 450 g/mol. The Bertz CT molecular complexity index is 1310. The molecule has 0 aliphatic rings. The number of nitrogens with zero attached hydrogens (tertiary/aromatic N) is 3. The fourth-order valence-corrected chi connectivity index (χ4v) is 5.10. The number of rotatable bonds is 6. The van der Waals surface area contributed by atoms with E-state index in [0.29, 0.717) is 15.9 Å². The van der Waals surface area contributed by atoms with Crippen LogP contribution in [0.25, 0.3) is 10.2 Å². The predicted molar refractivity (Wildman–Crippen MR) is 116 cm³/mol. The highest BCUT2D eigenvalue weighted by molar-refractivity contribution is 7.92. The molecule has 1 N–H and O–H groups in total. The maximum absolute atomic E-state index is 12.8. The van der Waals surface area contributed by atoms with Crippen molar-refractivity contribution in [2.45, 2.75) is 13.0 Å². The molecule has 2 aromatic carbocycles. The Morgan fingerprint density at radius 2 is 1.97 bits per heavy atom. The molecule has 30 heavy (non-hydrogen) atoms. The molecule has 158 valence electrons. The van der Waals surface area contributed by atoms with Crippen molar-refractivity contribution in [3.63, 3.8) is 0 Å². The Morgan fingerprint density at radius 3 is 2.60 bits per heavy atom. The molecule has 0 radical (unpaired) electrons. The zero-order valence-electron chi connectivity index (χ0n) is 16.2. The Hall–Kier alpha value is -3.25. The maximum Gasteiger partial charge on any atom is 0.307 e. The van der Waals surface area contributed by atoms with Crippen molar-refractivity contribution in [3.05, 3.63) is 62.2 Å². The first kappa shape index (κ1) is 21.5. The lowest BCUT2D eigenvalue weighted by Gasteiger charge is -2.28. The number of hydrogen-bond donors (Lipinski definition) is 1. The van der Waals surface area contributed by atoms with E-state index in [4.69, 9.17) is 0 Å². The van der Waals surface area contributed by atoms with E-state index >= 15 is 0 Å². The molecule has 0 bridgehead atoms. The van der Waals surface area contributed by atoms with E-state index in [1.165, 1.54) is 29.7 Å². The summed E-state index contributed by atoms with van der Waals surface area (Å²) < 4.78 is 27.7. The van der Waals surface area contributed by atoms with Gasteiger partial charge < -0.3 is 9.88 Å². The third-order valence-corrected chi connectivity index (χ3v) is 6.68. The molecule has 1 aromatic heterocycles. The number of benzene rings is 2. The lowest BCUT2D eigenvalue weighted by molar-refractivity contribution is -0.384. The van der Waals surface area contributed by atoms with Crippen molar-refractivity contribution in [1.29, 1.82) is 0 Å². The van der Waals surface area contributed by atoms with E-state index in [1.807, 2.05) is 0 Å². The van der Waals surface area contributed by atoms with Gasteiger partial charge in [-0.2, -0.15) is 0 Å². The van der Waals surface area contributed by atoms with Crippen LogP contribution in [0.4, 0.5) is 17.1 Å². The van der Waals surface area contributed by atoms with E-state index < -0.39 is 26.9 Å². The third kappa shape index (κ3) is 4.19. The standard InChI is InChI=1S/C18H18N4O6S2/c1-11(21(30(3,27)28)13-5-4-6-14(10-13)22(25)26)17(23)19-12-7-8-15-16(9-12)29-18(24)20(15)2/h4-11H,1-3H3,(H,19,23). The van der Waals surface area contributed by atoms with E-state index in [-0.39, 0.29) is 16.2 Å². The summed E-state index contributed by atoms with van der Waals surface area (Å²) in [5, 5.41) is 13.7. The van der Waals surface area contributed by atoms with Gasteiger partial charge in [0.2, 0.25) is 15.9 Å². The normalized spacial score (nSPS) is 12.5. The molecule has 0 aliphatic carbocycles. The van der Waals surface area contributed by atoms with Crippen LogP contribution < -0.4 is 14.5 Å². The number of non-ortho nitro benzene ring substituents is 1. The van der Waals surface area contributed by atoms with Gasteiger partial charge in [0.15, 0.2) is 0 Å². The highest BCUT2D eigenvalue weighted by Crippen LogP contribution is 2.26. The zero-order chi connectivity index (χ0) is 22.2. The first-order valence-corrected chi connectivity index (χ1v) is 11.3. The van der Waals surface area contributed by atoms with Crippen molar-refractivity contribution in [2.75, 3.05) is 15.9 Å². The monoisotopic (exact) mass is 450 g/mol. The number of nitrogens with one attached hydrogen (secondary N) is 1. The van der Waals surface area contributed by atoms with Gasteiger partial charge >= 0.3 is 4.87 Å². The molecule has 3 rings (SSSR count). The molecular formula is C18H18N4O6S2. The minimum absolute atomic E-state index is 0.00563. The second kappa shape index (κ2) is 7.88. The molecule has 1 atom stereocenters. The smallest absolute Gasteiger partial charge is 0.307 e. The number of nitro groups is 1. The fraction of sp³-hybridized carbons (Fsp3) is 0.222. The van der Waals surface area contributed by atoms with Crippen LogP contribution in [0.1, 0.15) is 6.92 Å². The Kier molecular flexibility index (Phi) is 5.63. The number of aryl methyl sites for hydroxylation is 1. The van der Waals surface area contributed by atoms with E-state index in [2.05, 4.69) is 5.32 Å². The first-order chi connectivity index (χ1) is 14.0. The predicted octanol–water partition coefficient (Wildman–Crippen LogP) is 2.30. The minimum Gasteiger partial charge on any atom is -0.324 e.